The van der Waals surface area contributed by atoms with Gasteiger partial charge in [-0.2, -0.15) is 0 Å². The van der Waals surface area contributed by atoms with Crippen LogP contribution in [0.5, 0.6) is 11.5 Å². The van der Waals surface area contributed by atoms with Gasteiger partial charge in [0, 0.05) is 43.5 Å². The Hall–Kier alpha value is -1.63. The van der Waals surface area contributed by atoms with Crippen molar-refractivity contribution < 1.29 is 9.47 Å². The Morgan fingerprint density at radius 2 is 2.17 bits per heavy atom. The first-order chi connectivity index (χ1) is 11.1. The molecule has 0 saturated heterocycles. The summed E-state index contributed by atoms with van der Waals surface area (Å²) in [5.41, 5.74) is 3.38. The number of hydrogen-bond donors (Lipinski definition) is 1. The molecule has 2 aromatic rings. The average molecular weight is 352 g/mol. The molecule has 0 amide bonds. The molecule has 23 heavy (non-hydrogen) atoms. The van der Waals surface area contributed by atoms with Gasteiger partial charge in [-0.25, -0.2) is 4.98 Å². The highest BCUT2D eigenvalue weighted by Crippen LogP contribution is 2.38. The molecule has 122 valence electrons. The topological polar surface area (TPSA) is 50.4 Å². The Labute approximate surface area is 145 Å². The first-order valence-corrected chi connectivity index (χ1v) is 8.09. The molecule has 7 heteroatoms. The molecule has 0 atom stereocenters. The number of nitrogens with one attached hydrogen (secondary N) is 1. The summed E-state index contributed by atoms with van der Waals surface area (Å²) in [5, 5.41) is 0.600. The monoisotopic (exact) mass is 351 g/mol. The molecule has 0 saturated carbocycles. The highest BCUT2D eigenvalue weighted by molar-refractivity contribution is 7.71. The summed E-state index contributed by atoms with van der Waals surface area (Å²) in [6.07, 6.45) is 2.78. The molecule has 0 unspecified atom stereocenters. The normalized spacial score (nSPS) is 14.4. The largest absolute Gasteiger partial charge is 0.493 e. The van der Waals surface area contributed by atoms with Crippen molar-refractivity contribution in [3.8, 4) is 11.5 Å². The van der Waals surface area contributed by atoms with Crippen LogP contribution in [0, 0.1) is 4.77 Å². The minimum atomic E-state index is 0.542. The van der Waals surface area contributed by atoms with Gasteiger partial charge in [-0.3, -0.25) is 4.90 Å². The summed E-state index contributed by atoms with van der Waals surface area (Å²) in [6.45, 7) is 2.50. The second-order valence-corrected chi connectivity index (χ2v) is 6.19. The highest BCUT2D eigenvalue weighted by atomic mass is 35.5. The van der Waals surface area contributed by atoms with E-state index in [9.17, 15) is 0 Å². The fraction of sp³-hybridized carbons (Fsp3) is 0.375. The molecule has 0 spiro atoms. The second-order valence-electron chi connectivity index (χ2n) is 5.43. The van der Waals surface area contributed by atoms with Crippen LogP contribution in [-0.2, 0) is 19.5 Å². The Morgan fingerprint density at radius 1 is 1.35 bits per heavy atom. The molecule has 3 rings (SSSR count). The maximum absolute atomic E-state index is 6.47. The molecule has 0 bridgehead atoms. The quantitative estimate of drug-likeness (QED) is 0.856. The molecule has 2 heterocycles. The van der Waals surface area contributed by atoms with Gasteiger partial charge in [-0.15, -0.1) is 0 Å². The van der Waals surface area contributed by atoms with Crippen LogP contribution < -0.4 is 9.47 Å². The van der Waals surface area contributed by atoms with Gasteiger partial charge in [0.15, 0.2) is 16.3 Å². The summed E-state index contributed by atoms with van der Waals surface area (Å²) >= 11 is 11.5. The number of aromatic nitrogens is 2. The van der Waals surface area contributed by atoms with Crippen molar-refractivity contribution in [3.05, 3.63) is 44.9 Å². The van der Waals surface area contributed by atoms with Crippen LogP contribution in [0.15, 0.2) is 18.3 Å². The van der Waals surface area contributed by atoms with E-state index in [1.54, 1.807) is 14.2 Å². The van der Waals surface area contributed by atoms with Crippen LogP contribution in [0.25, 0.3) is 0 Å². The third kappa shape index (κ3) is 3.34. The molecule has 1 aromatic carbocycles. The van der Waals surface area contributed by atoms with Gasteiger partial charge in [-0.05, 0) is 23.8 Å². The Morgan fingerprint density at radius 3 is 2.91 bits per heavy atom. The molecule has 1 aromatic heterocycles. The molecule has 5 nitrogen and oxygen atoms in total. The highest BCUT2D eigenvalue weighted by Gasteiger charge is 2.20. The predicted octanol–water partition coefficient (Wildman–Crippen LogP) is 3.37. The van der Waals surface area contributed by atoms with Crippen LogP contribution in [0.2, 0.25) is 5.02 Å². The number of fused-ring (bicyclic) bond motifs is 1. The molecule has 1 aliphatic rings. The zero-order valence-electron chi connectivity index (χ0n) is 13.1. The van der Waals surface area contributed by atoms with Gasteiger partial charge in [0.05, 0.1) is 19.2 Å². The Bertz CT molecular complexity index is 778. The summed E-state index contributed by atoms with van der Waals surface area (Å²) in [6, 6.07) is 3.87. The first-order valence-electron chi connectivity index (χ1n) is 7.31. The third-order valence-electron chi connectivity index (χ3n) is 4.01. The van der Waals surface area contributed by atoms with E-state index in [1.807, 2.05) is 18.3 Å². The number of H-pyrrole nitrogens is 1. The van der Waals surface area contributed by atoms with Crippen molar-refractivity contribution >= 4 is 23.8 Å². The second kappa shape index (κ2) is 6.86. The van der Waals surface area contributed by atoms with Gasteiger partial charge in [0.25, 0.3) is 0 Å². The number of halogens is 1. The Kier molecular flexibility index (Phi) is 4.84. The van der Waals surface area contributed by atoms with Gasteiger partial charge in [0.2, 0.25) is 0 Å². The molecular formula is C16H18ClN3O2S. The summed E-state index contributed by atoms with van der Waals surface area (Å²) in [7, 11) is 3.20. The number of aromatic amines is 1. The maximum atomic E-state index is 6.47. The number of benzene rings is 1. The summed E-state index contributed by atoms with van der Waals surface area (Å²) in [4.78, 5) is 9.67. The average Bonchev–Trinajstić information content (AvgIpc) is 2.56. The molecule has 0 fully saturated rings. The SMILES string of the molecule is COc1ccc(CN2CCc3[nH]c(=S)ncc3C2)c(Cl)c1OC. The standard InChI is InChI=1S/C16H18ClN3O2S/c1-21-13-4-3-10(14(17)15(13)22-2)8-20-6-5-12-11(9-20)7-18-16(23)19-12/h3-4,7H,5-6,8-9H2,1-2H3,(H,18,19,23). The maximum Gasteiger partial charge on any atom is 0.196 e. The molecule has 0 radical (unpaired) electrons. The number of ether oxygens (including phenoxy) is 2. The lowest BCUT2D eigenvalue weighted by Crippen LogP contribution is -2.31. The lowest BCUT2D eigenvalue weighted by Gasteiger charge is -2.28. The van der Waals surface area contributed by atoms with E-state index in [0.717, 1.165) is 31.6 Å². The van der Waals surface area contributed by atoms with Crippen molar-refractivity contribution in [1.82, 2.24) is 14.9 Å². The number of methoxy groups -OCH3 is 2. The predicted molar refractivity (Wildman–Crippen MR) is 91.8 cm³/mol. The van der Waals surface area contributed by atoms with E-state index < -0.39 is 0 Å². The van der Waals surface area contributed by atoms with Gasteiger partial charge in [-0.1, -0.05) is 17.7 Å². The summed E-state index contributed by atoms with van der Waals surface area (Å²) < 4.78 is 11.2. The van der Waals surface area contributed by atoms with E-state index in [0.29, 0.717) is 21.3 Å². The molecule has 1 N–H and O–H groups in total. The lowest BCUT2D eigenvalue weighted by atomic mass is 10.1. The molecular weight excluding hydrogens is 334 g/mol. The van der Waals surface area contributed by atoms with Crippen molar-refractivity contribution in [2.24, 2.45) is 0 Å². The number of hydrogen-bond acceptors (Lipinski definition) is 5. The van der Waals surface area contributed by atoms with Gasteiger partial charge in [0.1, 0.15) is 0 Å². The van der Waals surface area contributed by atoms with E-state index in [4.69, 9.17) is 33.3 Å². The summed E-state index contributed by atoms with van der Waals surface area (Å²) in [5.74, 6) is 1.22. The van der Waals surface area contributed by atoms with E-state index >= 15 is 0 Å². The fourth-order valence-electron chi connectivity index (χ4n) is 2.83. The van der Waals surface area contributed by atoms with E-state index in [-0.39, 0.29) is 0 Å². The first kappa shape index (κ1) is 16.2. The molecule has 0 aliphatic carbocycles. The lowest BCUT2D eigenvalue weighted by molar-refractivity contribution is 0.242. The minimum absolute atomic E-state index is 0.542. The molecule has 1 aliphatic heterocycles. The van der Waals surface area contributed by atoms with Crippen LogP contribution >= 0.6 is 23.8 Å². The van der Waals surface area contributed by atoms with E-state index in [1.165, 1.54) is 11.3 Å². The minimum Gasteiger partial charge on any atom is -0.493 e. The van der Waals surface area contributed by atoms with Crippen molar-refractivity contribution in [2.75, 3.05) is 20.8 Å². The number of rotatable bonds is 4. The smallest absolute Gasteiger partial charge is 0.196 e. The fourth-order valence-corrected chi connectivity index (χ4v) is 3.30. The van der Waals surface area contributed by atoms with Crippen LogP contribution in [0.1, 0.15) is 16.8 Å². The van der Waals surface area contributed by atoms with Crippen LogP contribution in [-0.4, -0.2) is 35.6 Å². The van der Waals surface area contributed by atoms with Crippen molar-refractivity contribution in [3.63, 3.8) is 0 Å². The zero-order valence-corrected chi connectivity index (χ0v) is 14.6. The number of nitrogens with zero attached hydrogens (tertiary/aromatic N) is 2. The van der Waals surface area contributed by atoms with Crippen molar-refractivity contribution in [2.45, 2.75) is 19.5 Å². The Balaban J connectivity index is 1.81. The van der Waals surface area contributed by atoms with Gasteiger partial charge < -0.3 is 14.5 Å². The van der Waals surface area contributed by atoms with Crippen molar-refractivity contribution in [1.29, 1.82) is 0 Å². The van der Waals surface area contributed by atoms with Crippen LogP contribution in [0.4, 0.5) is 0 Å². The van der Waals surface area contributed by atoms with Crippen LogP contribution in [0.3, 0.4) is 0 Å². The third-order valence-corrected chi connectivity index (χ3v) is 4.64. The zero-order chi connectivity index (χ0) is 16.4. The van der Waals surface area contributed by atoms with Gasteiger partial charge >= 0.3 is 0 Å². The van der Waals surface area contributed by atoms with E-state index in [2.05, 4.69) is 14.9 Å².